The lowest BCUT2D eigenvalue weighted by atomic mass is 10.2. The van der Waals surface area contributed by atoms with E-state index in [2.05, 4.69) is 15.6 Å². The van der Waals surface area contributed by atoms with E-state index >= 15 is 0 Å². The number of hydrogen-bond donors (Lipinski definition) is 2. The molecule has 28 heavy (non-hydrogen) atoms. The predicted molar refractivity (Wildman–Crippen MR) is 110 cm³/mol. The second-order valence-electron chi connectivity index (χ2n) is 6.20. The van der Waals surface area contributed by atoms with Gasteiger partial charge >= 0.3 is 0 Å². The molecule has 0 atom stereocenters. The van der Waals surface area contributed by atoms with Crippen molar-refractivity contribution in [3.05, 3.63) is 78.1 Å². The first kappa shape index (κ1) is 19.2. The van der Waals surface area contributed by atoms with Crippen LogP contribution < -0.4 is 20.1 Å². The van der Waals surface area contributed by atoms with Crippen LogP contribution in [0.3, 0.4) is 0 Å². The predicted octanol–water partition coefficient (Wildman–Crippen LogP) is 3.95. The Kier molecular flexibility index (Phi) is 6.46. The summed E-state index contributed by atoms with van der Waals surface area (Å²) >= 11 is 0. The molecule has 0 aliphatic heterocycles. The number of anilines is 2. The van der Waals surface area contributed by atoms with Crippen molar-refractivity contribution < 1.29 is 14.3 Å². The van der Waals surface area contributed by atoms with Gasteiger partial charge in [-0.15, -0.1) is 0 Å². The molecule has 3 rings (SSSR count). The van der Waals surface area contributed by atoms with Gasteiger partial charge in [-0.1, -0.05) is 17.7 Å². The first-order chi connectivity index (χ1) is 13.6. The molecule has 1 heterocycles. The van der Waals surface area contributed by atoms with Crippen LogP contribution in [0.2, 0.25) is 0 Å². The zero-order chi connectivity index (χ0) is 19.8. The minimum atomic E-state index is -0.236. The van der Waals surface area contributed by atoms with E-state index < -0.39 is 0 Å². The molecule has 144 valence electrons. The molecule has 6 heteroatoms. The SMILES string of the molecule is COc1ccc(OCCNC(=O)c2ccc(Nc3ccc(C)cc3)cn2)cc1. The van der Waals surface area contributed by atoms with Crippen molar-refractivity contribution >= 4 is 17.3 Å². The summed E-state index contributed by atoms with van der Waals surface area (Å²) in [5, 5.41) is 6.05. The van der Waals surface area contributed by atoms with E-state index in [4.69, 9.17) is 9.47 Å². The van der Waals surface area contributed by atoms with Crippen LogP contribution in [-0.2, 0) is 0 Å². The van der Waals surface area contributed by atoms with Crippen molar-refractivity contribution in [1.82, 2.24) is 10.3 Å². The Morgan fingerprint density at radius 2 is 1.61 bits per heavy atom. The van der Waals surface area contributed by atoms with Gasteiger partial charge in [0, 0.05) is 5.69 Å². The molecule has 1 amide bonds. The lowest BCUT2D eigenvalue weighted by molar-refractivity contribution is 0.0942. The first-order valence-corrected chi connectivity index (χ1v) is 8.99. The molecule has 3 aromatic rings. The molecule has 1 aromatic heterocycles. The van der Waals surface area contributed by atoms with Crippen molar-refractivity contribution in [3.8, 4) is 11.5 Å². The molecule has 0 saturated heterocycles. The number of carbonyl (C=O) groups is 1. The van der Waals surface area contributed by atoms with E-state index in [1.54, 1.807) is 19.4 Å². The average Bonchev–Trinajstić information content (AvgIpc) is 2.73. The van der Waals surface area contributed by atoms with Crippen LogP contribution in [0.1, 0.15) is 16.1 Å². The van der Waals surface area contributed by atoms with E-state index in [1.807, 2.05) is 61.5 Å². The molecule has 0 fully saturated rings. The molecule has 2 aromatic carbocycles. The number of nitrogens with zero attached hydrogens (tertiary/aromatic N) is 1. The smallest absolute Gasteiger partial charge is 0.269 e. The van der Waals surface area contributed by atoms with Crippen LogP contribution in [0.25, 0.3) is 0 Å². The number of methoxy groups -OCH3 is 1. The Balaban J connectivity index is 1.44. The van der Waals surface area contributed by atoms with Crippen molar-refractivity contribution in [1.29, 1.82) is 0 Å². The normalized spacial score (nSPS) is 10.2. The summed E-state index contributed by atoms with van der Waals surface area (Å²) in [5.41, 5.74) is 3.36. The van der Waals surface area contributed by atoms with Crippen LogP contribution in [0.5, 0.6) is 11.5 Å². The Hall–Kier alpha value is -3.54. The molecule has 0 saturated carbocycles. The van der Waals surface area contributed by atoms with E-state index in [0.29, 0.717) is 18.8 Å². The maximum Gasteiger partial charge on any atom is 0.269 e. The van der Waals surface area contributed by atoms with Crippen LogP contribution in [0.15, 0.2) is 66.9 Å². The Labute approximate surface area is 164 Å². The highest BCUT2D eigenvalue weighted by molar-refractivity contribution is 5.92. The quantitative estimate of drug-likeness (QED) is 0.582. The summed E-state index contributed by atoms with van der Waals surface area (Å²) in [6.45, 7) is 2.79. The van der Waals surface area contributed by atoms with E-state index in [1.165, 1.54) is 5.56 Å². The third-order valence-corrected chi connectivity index (χ3v) is 4.05. The van der Waals surface area contributed by atoms with Crippen LogP contribution >= 0.6 is 0 Å². The van der Waals surface area contributed by atoms with Gasteiger partial charge < -0.3 is 20.1 Å². The topological polar surface area (TPSA) is 72.5 Å². The Morgan fingerprint density at radius 3 is 2.25 bits per heavy atom. The number of carbonyl (C=O) groups excluding carboxylic acids is 1. The van der Waals surface area contributed by atoms with Crippen molar-refractivity contribution in [2.24, 2.45) is 0 Å². The number of aromatic nitrogens is 1. The lowest BCUT2D eigenvalue weighted by Gasteiger charge is -2.09. The molecule has 2 N–H and O–H groups in total. The third-order valence-electron chi connectivity index (χ3n) is 4.05. The lowest BCUT2D eigenvalue weighted by Crippen LogP contribution is -2.28. The molecular weight excluding hydrogens is 354 g/mol. The molecule has 6 nitrogen and oxygen atoms in total. The minimum absolute atomic E-state index is 0.236. The first-order valence-electron chi connectivity index (χ1n) is 8.99. The molecule has 0 aliphatic carbocycles. The van der Waals surface area contributed by atoms with Crippen molar-refractivity contribution in [2.45, 2.75) is 6.92 Å². The monoisotopic (exact) mass is 377 g/mol. The second-order valence-corrected chi connectivity index (χ2v) is 6.20. The Morgan fingerprint density at radius 1 is 0.929 bits per heavy atom. The summed E-state index contributed by atoms with van der Waals surface area (Å²) < 4.78 is 10.7. The largest absolute Gasteiger partial charge is 0.497 e. The summed E-state index contributed by atoms with van der Waals surface area (Å²) in [5.74, 6) is 1.26. The number of pyridine rings is 1. The number of rotatable bonds is 8. The highest BCUT2D eigenvalue weighted by atomic mass is 16.5. The molecule has 0 radical (unpaired) electrons. The van der Waals surface area contributed by atoms with Gasteiger partial charge in [0.25, 0.3) is 5.91 Å². The van der Waals surface area contributed by atoms with Crippen LogP contribution in [0, 0.1) is 6.92 Å². The average molecular weight is 377 g/mol. The van der Waals surface area contributed by atoms with Gasteiger partial charge in [0.1, 0.15) is 23.8 Å². The fourth-order valence-corrected chi connectivity index (χ4v) is 2.50. The molecule has 0 bridgehead atoms. The summed E-state index contributed by atoms with van der Waals surface area (Å²) in [6, 6.07) is 18.9. The second kappa shape index (κ2) is 9.41. The van der Waals surface area contributed by atoms with Gasteiger partial charge in [0.15, 0.2) is 0 Å². The molecule has 0 unspecified atom stereocenters. The maximum atomic E-state index is 12.2. The number of hydrogen-bond acceptors (Lipinski definition) is 5. The molecule has 0 spiro atoms. The summed E-state index contributed by atoms with van der Waals surface area (Å²) in [6.07, 6.45) is 1.64. The zero-order valence-electron chi connectivity index (χ0n) is 15.9. The van der Waals surface area contributed by atoms with Gasteiger partial charge in [-0.25, -0.2) is 4.98 Å². The van der Waals surface area contributed by atoms with Crippen LogP contribution in [0.4, 0.5) is 11.4 Å². The number of nitrogens with one attached hydrogen (secondary N) is 2. The van der Waals surface area contributed by atoms with Gasteiger partial charge in [-0.3, -0.25) is 4.79 Å². The standard InChI is InChI=1S/C22H23N3O3/c1-16-3-5-17(6-4-16)25-18-7-12-21(24-15-18)22(26)23-13-14-28-20-10-8-19(27-2)9-11-20/h3-12,15,25H,13-14H2,1-2H3,(H,23,26). The fourth-order valence-electron chi connectivity index (χ4n) is 2.50. The third kappa shape index (κ3) is 5.48. The van der Waals surface area contributed by atoms with Crippen molar-refractivity contribution in [2.75, 3.05) is 25.6 Å². The van der Waals surface area contributed by atoms with Gasteiger partial charge in [0.05, 0.1) is 25.5 Å². The highest BCUT2D eigenvalue weighted by Crippen LogP contribution is 2.17. The maximum absolute atomic E-state index is 12.2. The zero-order valence-corrected chi connectivity index (χ0v) is 15.9. The molecular formula is C22H23N3O3. The summed E-state index contributed by atoms with van der Waals surface area (Å²) in [4.78, 5) is 16.4. The van der Waals surface area contributed by atoms with E-state index in [9.17, 15) is 4.79 Å². The Bertz CT molecular complexity index is 892. The van der Waals surface area contributed by atoms with Gasteiger partial charge in [-0.2, -0.15) is 0 Å². The van der Waals surface area contributed by atoms with Crippen LogP contribution in [-0.4, -0.2) is 31.2 Å². The number of amides is 1. The fraction of sp³-hybridized carbons (Fsp3) is 0.182. The van der Waals surface area contributed by atoms with Gasteiger partial charge in [0.2, 0.25) is 0 Å². The minimum Gasteiger partial charge on any atom is -0.497 e. The van der Waals surface area contributed by atoms with Gasteiger partial charge in [-0.05, 0) is 55.5 Å². The number of aryl methyl sites for hydroxylation is 1. The summed E-state index contributed by atoms with van der Waals surface area (Å²) in [7, 11) is 1.62. The van der Waals surface area contributed by atoms with Crippen molar-refractivity contribution in [3.63, 3.8) is 0 Å². The number of benzene rings is 2. The van der Waals surface area contributed by atoms with E-state index in [0.717, 1.165) is 22.9 Å². The highest BCUT2D eigenvalue weighted by Gasteiger charge is 2.07. The molecule has 0 aliphatic rings. The number of ether oxygens (including phenoxy) is 2. The van der Waals surface area contributed by atoms with E-state index in [-0.39, 0.29) is 5.91 Å².